The number of rotatable bonds is 5. The lowest BCUT2D eigenvalue weighted by atomic mass is 10.1. The first kappa shape index (κ1) is 21.5. The molecule has 1 aromatic rings. The van der Waals surface area contributed by atoms with Crippen LogP contribution in [0.15, 0.2) is 30.3 Å². The molecular formula is C22H29N3O3. The number of carbonyl (C=O) groups is 2. The molecule has 28 heavy (non-hydrogen) atoms. The van der Waals surface area contributed by atoms with Crippen molar-refractivity contribution in [2.45, 2.75) is 64.6 Å². The Morgan fingerprint density at radius 2 is 2.11 bits per heavy atom. The zero-order valence-electron chi connectivity index (χ0n) is 17.1. The van der Waals surface area contributed by atoms with Gasteiger partial charge >= 0.3 is 6.09 Å². The summed E-state index contributed by atoms with van der Waals surface area (Å²) in [5.74, 6) is -0.139. The van der Waals surface area contributed by atoms with E-state index in [1.54, 1.807) is 25.7 Å². The minimum atomic E-state index is -0.626. The average molecular weight is 383 g/mol. The van der Waals surface area contributed by atoms with Gasteiger partial charge < -0.3 is 15.0 Å². The van der Waals surface area contributed by atoms with Crippen LogP contribution in [-0.2, 0) is 9.53 Å². The molecule has 1 saturated heterocycles. The van der Waals surface area contributed by atoms with Crippen LogP contribution in [0.1, 0.15) is 51.2 Å². The van der Waals surface area contributed by atoms with Gasteiger partial charge in [-0.2, -0.15) is 5.26 Å². The van der Waals surface area contributed by atoms with Gasteiger partial charge in [0.25, 0.3) is 0 Å². The Hall–Kier alpha value is -2.81. The molecule has 1 aliphatic rings. The lowest BCUT2D eigenvalue weighted by Gasteiger charge is -2.24. The third kappa shape index (κ3) is 6.41. The highest BCUT2D eigenvalue weighted by molar-refractivity contribution is 5.79. The number of amides is 2. The van der Waals surface area contributed by atoms with Crippen molar-refractivity contribution in [1.29, 1.82) is 5.26 Å². The Morgan fingerprint density at radius 3 is 2.75 bits per heavy atom. The van der Waals surface area contributed by atoms with E-state index in [9.17, 15) is 14.9 Å². The van der Waals surface area contributed by atoms with Crippen LogP contribution in [0.4, 0.5) is 4.79 Å². The van der Waals surface area contributed by atoms with Crippen LogP contribution in [0, 0.1) is 18.3 Å². The molecule has 0 aromatic heterocycles. The molecule has 150 valence electrons. The predicted octanol–water partition coefficient (Wildman–Crippen LogP) is 3.81. The Balaban J connectivity index is 2.13. The van der Waals surface area contributed by atoms with Crippen molar-refractivity contribution in [3.05, 3.63) is 41.5 Å². The highest BCUT2D eigenvalue weighted by Gasteiger charge is 2.30. The normalized spacial score (nSPS) is 18.0. The molecule has 6 heteroatoms. The van der Waals surface area contributed by atoms with Crippen LogP contribution in [0.25, 0.3) is 6.08 Å². The molecule has 1 N–H and O–H groups in total. The summed E-state index contributed by atoms with van der Waals surface area (Å²) < 4.78 is 5.33. The molecule has 1 aliphatic heterocycles. The third-order valence-corrected chi connectivity index (χ3v) is 4.52. The van der Waals surface area contributed by atoms with Gasteiger partial charge in [-0.1, -0.05) is 36.4 Å². The lowest BCUT2D eigenvalue weighted by molar-refractivity contribution is -0.131. The average Bonchev–Trinajstić information content (AvgIpc) is 3.08. The van der Waals surface area contributed by atoms with Crippen molar-refractivity contribution in [3.63, 3.8) is 0 Å². The van der Waals surface area contributed by atoms with Gasteiger partial charge in [-0.05, 0) is 51.7 Å². The van der Waals surface area contributed by atoms with Gasteiger partial charge in [0.05, 0.1) is 18.5 Å². The summed E-state index contributed by atoms with van der Waals surface area (Å²) in [6, 6.07) is 9.15. The number of hydrogen-bond acceptors (Lipinski definition) is 4. The predicted molar refractivity (Wildman–Crippen MR) is 108 cm³/mol. The SMILES string of the molecule is Cc1ccccc1C=CC(CC(=O)N1CCC[C@H]1C#N)NC(=O)OC(C)(C)C. The largest absolute Gasteiger partial charge is 0.444 e. The van der Waals surface area contributed by atoms with Crippen LogP contribution in [0.3, 0.4) is 0 Å². The van der Waals surface area contributed by atoms with E-state index < -0.39 is 17.7 Å². The number of likely N-dealkylation sites (tertiary alicyclic amines) is 1. The summed E-state index contributed by atoms with van der Waals surface area (Å²) in [7, 11) is 0. The summed E-state index contributed by atoms with van der Waals surface area (Å²) in [4.78, 5) is 26.5. The molecule has 1 fully saturated rings. The Bertz CT molecular complexity index is 774. The van der Waals surface area contributed by atoms with Crippen molar-refractivity contribution in [2.75, 3.05) is 6.54 Å². The fraction of sp³-hybridized carbons (Fsp3) is 0.500. The molecule has 2 atom stereocenters. The van der Waals surface area contributed by atoms with Crippen LogP contribution in [0.2, 0.25) is 0 Å². The van der Waals surface area contributed by atoms with Gasteiger partial charge in [-0.3, -0.25) is 4.79 Å². The van der Waals surface area contributed by atoms with Crippen molar-refractivity contribution >= 4 is 18.1 Å². The van der Waals surface area contributed by atoms with Gasteiger partial charge in [0.2, 0.25) is 5.91 Å². The van der Waals surface area contributed by atoms with Crippen molar-refractivity contribution < 1.29 is 14.3 Å². The Labute approximate surface area is 167 Å². The highest BCUT2D eigenvalue weighted by Crippen LogP contribution is 2.19. The van der Waals surface area contributed by atoms with E-state index in [0.29, 0.717) is 13.0 Å². The molecule has 1 heterocycles. The number of aryl methyl sites for hydroxylation is 1. The van der Waals surface area contributed by atoms with Gasteiger partial charge in [0.1, 0.15) is 11.6 Å². The fourth-order valence-electron chi connectivity index (χ4n) is 3.12. The van der Waals surface area contributed by atoms with Gasteiger partial charge in [-0.15, -0.1) is 0 Å². The van der Waals surface area contributed by atoms with Crippen LogP contribution in [-0.4, -0.2) is 41.1 Å². The first-order chi connectivity index (χ1) is 13.2. The molecule has 6 nitrogen and oxygen atoms in total. The summed E-state index contributed by atoms with van der Waals surface area (Å²) >= 11 is 0. The van der Waals surface area contributed by atoms with Gasteiger partial charge in [-0.25, -0.2) is 4.79 Å². The molecule has 0 aliphatic carbocycles. The zero-order chi connectivity index (χ0) is 20.7. The molecule has 0 radical (unpaired) electrons. The monoisotopic (exact) mass is 383 g/mol. The first-order valence-electron chi connectivity index (χ1n) is 9.62. The molecule has 2 amide bonds. The summed E-state index contributed by atoms with van der Waals surface area (Å²) in [5, 5.41) is 12.0. The zero-order valence-corrected chi connectivity index (χ0v) is 17.1. The standard InChI is InChI=1S/C22H29N3O3/c1-16-8-5-6-9-17(16)11-12-18(24-21(27)28-22(2,3)4)14-20(26)25-13-7-10-19(25)15-23/h5-6,8-9,11-12,18-19H,7,10,13-14H2,1-4H3,(H,24,27)/t18?,19-/m0/s1. The number of benzene rings is 1. The molecular weight excluding hydrogens is 354 g/mol. The van der Waals surface area contributed by atoms with E-state index in [1.165, 1.54) is 0 Å². The maximum atomic E-state index is 12.7. The molecule has 0 saturated carbocycles. The smallest absolute Gasteiger partial charge is 0.408 e. The third-order valence-electron chi connectivity index (χ3n) is 4.52. The number of hydrogen-bond donors (Lipinski definition) is 1. The van der Waals surface area contributed by atoms with E-state index in [-0.39, 0.29) is 18.4 Å². The Kier molecular flexibility index (Phi) is 7.22. The Morgan fingerprint density at radius 1 is 1.39 bits per heavy atom. The number of ether oxygens (including phenoxy) is 1. The minimum Gasteiger partial charge on any atom is -0.444 e. The van der Waals surface area contributed by atoms with E-state index in [4.69, 9.17) is 4.74 Å². The number of alkyl carbamates (subject to hydrolysis) is 1. The second kappa shape index (κ2) is 9.41. The van der Waals surface area contributed by atoms with Crippen LogP contribution in [0.5, 0.6) is 0 Å². The lowest BCUT2D eigenvalue weighted by Crippen LogP contribution is -2.43. The van der Waals surface area contributed by atoms with Crippen molar-refractivity contribution in [3.8, 4) is 6.07 Å². The van der Waals surface area contributed by atoms with E-state index in [1.807, 2.05) is 43.3 Å². The van der Waals surface area contributed by atoms with E-state index in [2.05, 4.69) is 11.4 Å². The van der Waals surface area contributed by atoms with Gasteiger partial charge in [0, 0.05) is 6.54 Å². The number of nitrogens with zero attached hydrogens (tertiary/aromatic N) is 2. The van der Waals surface area contributed by atoms with Crippen LogP contribution >= 0.6 is 0 Å². The van der Waals surface area contributed by atoms with E-state index in [0.717, 1.165) is 17.5 Å². The number of nitrogens with one attached hydrogen (secondary N) is 1. The molecule has 1 aromatic carbocycles. The maximum absolute atomic E-state index is 12.7. The number of carbonyl (C=O) groups excluding carboxylic acids is 2. The maximum Gasteiger partial charge on any atom is 0.408 e. The second-order valence-electron chi connectivity index (χ2n) is 8.05. The van der Waals surface area contributed by atoms with E-state index >= 15 is 0 Å². The molecule has 2 rings (SSSR count). The summed E-state index contributed by atoms with van der Waals surface area (Å²) in [6.07, 6.45) is 4.74. The van der Waals surface area contributed by atoms with Gasteiger partial charge in [0.15, 0.2) is 0 Å². The fourth-order valence-corrected chi connectivity index (χ4v) is 3.12. The minimum absolute atomic E-state index is 0.0831. The van der Waals surface area contributed by atoms with Crippen molar-refractivity contribution in [1.82, 2.24) is 10.2 Å². The summed E-state index contributed by atoms with van der Waals surface area (Å²) in [6.45, 7) is 7.95. The molecule has 0 spiro atoms. The highest BCUT2D eigenvalue weighted by atomic mass is 16.6. The topological polar surface area (TPSA) is 82.4 Å². The summed E-state index contributed by atoms with van der Waals surface area (Å²) in [5.41, 5.74) is 1.49. The van der Waals surface area contributed by atoms with Crippen LogP contribution < -0.4 is 5.32 Å². The molecule has 0 bridgehead atoms. The quantitative estimate of drug-likeness (QED) is 0.838. The molecule has 1 unspecified atom stereocenters. The van der Waals surface area contributed by atoms with Crippen molar-refractivity contribution in [2.24, 2.45) is 0 Å². The first-order valence-corrected chi connectivity index (χ1v) is 9.62. The number of nitriles is 1. The second-order valence-corrected chi connectivity index (χ2v) is 8.05.